The van der Waals surface area contributed by atoms with E-state index in [1.807, 2.05) is 0 Å². The van der Waals surface area contributed by atoms with Crippen LogP contribution in [0.3, 0.4) is 0 Å². The van der Waals surface area contributed by atoms with Gasteiger partial charge in [0.2, 0.25) is 0 Å². The number of nitrogens with one attached hydrogen (secondary N) is 1. The molecule has 0 bridgehead atoms. The summed E-state index contributed by atoms with van der Waals surface area (Å²) in [5.74, 6) is -0.928. The molecule has 1 N–H and O–H groups in total. The van der Waals surface area contributed by atoms with Gasteiger partial charge in [-0.3, -0.25) is 0 Å². The van der Waals surface area contributed by atoms with Gasteiger partial charge in [-0.2, -0.15) is 0 Å². The summed E-state index contributed by atoms with van der Waals surface area (Å²) in [5, 5.41) is 2.46. The number of hydrogen-bond acceptors (Lipinski definition) is 2. The van der Waals surface area contributed by atoms with Gasteiger partial charge < -0.3 is 10.1 Å². The van der Waals surface area contributed by atoms with Crippen molar-refractivity contribution in [1.82, 2.24) is 5.32 Å². The number of benzene rings is 1. The molecule has 1 aromatic rings. The van der Waals surface area contributed by atoms with Crippen molar-refractivity contribution < 1.29 is 13.9 Å². The van der Waals surface area contributed by atoms with Gasteiger partial charge in [0.15, 0.2) is 11.6 Å². The van der Waals surface area contributed by atoms with Gasteiger partial charge in [-0.05, 0) is 32.9 Å². The van der Waals surface area contributed by atoms with Crippen LogP contribution in [0.4, 0.5) is 9.18 Å². The Balaban J connectivity index is 2.74. The molecule has 0 aliphatic carbocycles. The lowest BCUT2D eigenvalue weighted by atomic mass is 10.1. The van der Waals surface area contributed by atoms with E-state index < -0.39 is 17.4 Å². The number of carbonyl (C=O) groups excluding carboxylic acids is 1. The van der Waals surface area contributed by atoms with E-state index in [0.717, 1.165) is 0 Å². The molecule has 0 aliphatic heterocycles. The Morgan fingerprint density at radius 3 is 2.62 bits per heavy atom. The minimum absolute atomic E-state index is 0.0824. The molecule has 5 heteroatoms. The first-order valence-corrected chi connectivity index (χ1v) is 5.11. The van der Waals surface area contributed by atoms with E-state index >= 15 is 0 Å². The average molecular weight is 246 g/mol. The van der Waals surface area contributed by atoms with Gasteiger partial charge in [0.25, 0.3) is 0 Å². The molecule has 0 heterocycles. The summed E-state index contributed by atoms with van der Waals surface area (Å²) in [6.45, 7) is 5.38. The van der Waals surface area contributed by atoms with Gasteiger partial charge >= 0.3 is 6.09 Å². The normalized spacial score (nSPS) is 11.1. The van der Waals surface area contributed by atoms with E-state index in [9.17, 15) is 9.18 Å². The van der Waals surface area contributed by atoms with Crippen LogP contribution in [0.25, 0.3) is 0 Å². The summed E-state index contributed by atoms with van der Waals surface area (Å²) >= 11 is 5.54. The van der Waals surface area contributed by atoms with Crippen LogP contribution < -0.4 is 10.1 Å². The molecule has 16 heavy (non-hydrogen) atoms. The molecule has 1 amide bonds. The summed E-state index contributed by atoms with van der Waals surface area (Å²) in [6.07, 6.45) is -0.714. The molecule has 1 rings (SSSR count). The molecule has 0 saturated heterocycles. The highest BCUT2D eigenvalue weighted by Crippen LogP contribution is 2.24. The lowest BCUT2D eigenvalue weighted by Crippen LogP contribution is -2.42. The fourth-order valence-electron chi connectivity index (χ4n) is 0.994. The Labute approximate surface area is 98.5 Å². The van der Waals surface area contributed by atoms with Crippen LogP contribution in [-0.2, 0) is 0 Å². The van der Waals surface area contributed by atoms with E-state index in [-0.39, 0.29) is 10.8 Å². The zero-order valence-electron chi connectivity index (χ0n) is 9.30. The lowest BCUT2D eigenvalue weighted by Gasteiger charge is -2.19. The van der Waals surface area contributed by atoms with Crippen molar-refractivity contribution in [3.05, 3.63) is 29.0 Å². The average Bonchev–Trinajstić information content (AvgIpc) is 2.09. The molecule has 0 fully saturated rings. The largest absolute Gasteiger partial charge is 0.413 e. The third-order valence-electron chi connectivity index (χ3n) is 1.60. The van der Waals surface area contributed by atoms with Crippen LogP contribution in [0.1, 0.15) is 20.8 Å². The second kappa shape index (κ2) is 4.70. The maximum atomic E-state index is 13.4. The van der Waals surface area contributed by atoms with Crippen molar-refractivity contribution in [3.63, 3.8) is 0 Å². The van der Waals surface area contributed by atoms with Crippen molar-refractivity contribution in [2.75, 3.05) is 0 Å². The maximum Gasteiger partial charge on any atom is 0.413 e. The van der Waals surface area contributed by atoms with Crippen LogP contribution in [0.5, 0.6) is 5.75 Å². The zero-order valence-corrected chi connectivity index (χ0v) is 10.1. The lowest BCUT2D eigenvalue weighted by molar-refractivity contribution is 0.188. The smallest absolute Gasteiger partial charge is 0.407 e. The summed E-state index contributed by atoms with van der Waals surface area (Å²) in [4.78, 5) is 11.3. The SMILES string of the molecule is CC(C)(C)NC(=O)Oc1cccc(Cl)c1F. The topological polar surface area (TPSA) is 38.3 Å². The van der Waals surface area contributed by atoms with Crippen molar-refractivity contribution >= 4 is 17.7 Å². The molecule has 0 atom stereocenters. The van der Waals surface area contributed by atoms with E-state index in [1.54, 1.807) is 20.8 Å². The van der Waals surface area contributed by atoms with Crippen molar-refractivity contribution in [2.24, 2.45) is 0 Å². The Hall–Kier alpha value is -1.29. The number of rotatable bonds is 1. The molecule has 1 aromatic carbocycles. The fraction of sp³-hybridized carbons (Fsp3) is 0.364. The highest BCUT2D eigenvalue weighted by Gasteiger charge is 2.17. The summed E-state index contributed by atoms with van der Waals surface area (Å²) in [6, 6.07) is 4.22. The Morgan fingerprint density at radius 2 is 2.06 bits per heavy atom. The van der Waals surface area contributed by atoms with Crippen LogP contribution >= 0.6 is 11.6 Å². The first kappa shape index (κ1) is 12.8. The minimum atomic E-state index is -0.742. The van der Waals surface area contributed by atoms with Gasteiger partial charge in [0.05, 0.1) is 5.02 Å². The van der Waals surface area contributed by atoms with Gasteiger partial charge in [0, 0.05) is 5.54 Å². The second-order valence-corrected chi connectivity index (χ2v) is 4.72. The number of carbonyl (C=O) groups is 1. The third kappa shape index (κ3) is 3.70. The summed E-state index contributed by atoms with van der Waals surface area (Å²) in [5.41, 5.74) is -0.438. The predicted molar refractivity (Wildman–Crippen MR) is 60.3 cm³/mol. The molecule has 0 spiro atoms. The first-order valence-electron chi connectivity index (χ1n) is 4.73. The van der Waals surface area contributed by atoms with E-state index in [2.05, 4.69) is 5.32 Å². The quantitative estimate of drug-likeness (QED) is 0.824. The van der Waals surface area contributed by atoms with Crippen LogP contribution in [0.2, 0.25) is 5.02 Å². The minimum Gasteiger partial charge on any atom is -0.407 e. The fourth-order valence-corrected chi connectivity index (χ4v) is 1.16. The summed E-state index contributed by atoms with van der Waals surface area (Å²) in [7, 11) is 0. The Morgan fingerprint density at radius 1 is 1.44 bits per heavy atom. The number of halogens is 2. The van der Waals surface area contributed by atoms with Crippen molar-refractivity contribution in [1.29, 1.82) is 0 Å². The van der Waals surface area contributed by atoms with Crippen LogP contribution in [0.15, 0.2) is 18.2 Å². The monoisotopic (exact) mass is 245 g/mol. The van der Waals surface area contributed by atoms with Crippen molar-refractivity contribution in [2.45, 2.75) is 26.3 Å². The summed E-state index contributed by atoms with van der Waals surface area (Å²) < 4.78 is 18.2. The van der Waals surface area contributed by atoms with Gasteiger partial charge in [-0.25, -0.2) is 9.18 Å². The molecule has 0 radical (unpaired) electrons. The predicted octanol–water partition coefficient (Wildman–Crippen LogP) is 3.37. The molecular weight excluding hydrogens is 233 g/mol. The van der Waals surface area contributed by atoms with Gasteiger partial charge in [0.1, 0.15) is 0 Å². The molecule has 0 aliphatic rings. The maximum absolute atomic E-state index is 13.4. The van der Waals surface area contributed by atoms with Gasteiger partial charge in [-0.15, -0.1) is 0 Å². The molecular formula is C11H13ClFNO2. The zero-order chi connectivity index (χ0) is 12.3. The van der Waals surface area contributed by atoms with Crippen LogP contribution in [0, 0.1) is 5.82 Å². The van der Waals surface area contributed by atoms with Gasteiger partial charge in [-0.1, -0.05) is 17.7 Å². The third-order valence-corrected chi connectivity index (χ3v) is 1.89. The highest BCUT2D eigenvalue weighted by molar-refractivity contribution is 6.30. The standard InChI is InChI=1S/C11H13ClFNO2/c1-11(2,3)14-10(15)16-8-6-4-5-7(12)9(8)13/h4-6H,1-3H3,(H,14,15). The molecule has 88 valence electrons. The molecule has 0 saturated carbocycles. The number of hydrogen-bond donors (Lipinski definition) is 1. The number of amides is 1. The first-order chi connectivity index (χ1) is 7.29. The van der Waals surface area contributed by atoms with E-state index in [4.69, 9.17) is 16.3 Å². The second-order valence-electron chi connectivity index (χ2n) is 4.32. The van der Waals surface area contributed by atoms with E-state index in [0.29, 0.717) is 0 Å². The Bertz CT molecular complexity index is 401. The Kier molecular flexibility index (Phi) is 3.75. The number of ether oxygens (including phenoxy) is 1. The molecule has 0 unspecified atom stereocenters. The van der Waals surface area contributed by atoms with Crippen molar-refractivity contribution in [3.8, 4) is 5.75 Å². The van der Waals surface area contributed by atoms with E-state index in [1.165, 1.54) is 18.2 Å². The van der Waals surface area contributed by atoms with Crippen LogP contribution in [-0.4, -0.2) is 11.6 Å². The highest BCUT2D eigenvalue weighted by atomic mass is 35.5. The molecule has 0 aromatic heterocycles. The molecule has 3 nitrogen and oxygen atoms in total.